The first kappa shape index (κ1) is 13.6. The van der Waals surface area contributed by atoms with Crippen LogP contribution in [-0.2, 0) is 0 Å². The number of urea groups is 1. The van der Waals surface area contributed by atoms with Crippen LogP contribution in [0.25, 0.3) is 0 Å². The van der Waals surface area contributed by atoms with Gasteiger partial charge in [-0.1, -0.05) is 0 Å². The number of carbonyl (C=O) groups is 1. The Labute approximate surface area is 112 Å². The van der Waals surface area contributed by atoms with Crippen molar-refractivity contribution in [2.75, 3.05) is 36.5 Å². The monoisotopic (exact) mass is 264 g/mol. The van der Waals surface area contributed by atoms with Crippen molar-refractivity contribution in [2.45, 2.75) is 19.3 Å². The molecule has 1 aromatic rings. The standard InChI is InChI=1S/C13H20N4O2/c18-9-6-14-13(19)16-11-4-5-12(15-10-11)17-7-2-1-3-8-17/h4-5,10,18H,1-3,6-9H2,(H2,14,16,19). The minimum atomic E-state index is -0.332. The van der Waals surface area contributed by atoms with Gasteiger partial charge in [0.1, 0.15) is 5.82 Å². The summed E-state index contributed by atoms with van der Waals surface area (Å²) in [6.07, 6.45) is 5.38. The molecule has 0 atom stereocenters. The van der Waals surface area contributed by atoms with Crippen LogP contribution in [0.2, 0.25) is 0 Å². The summed E-state index contributed by atoms with van der Waals surface area (Å²) in [5, 5.41) is 13.8. The van der Waals surface area contributed by atoms with Crippen LogP contribution in [0.5, 0.6) is 0 Å². The Morgan fingerprint density at radius 2 is 2.11 bits per heavy atom. The van der Waals surface area contributed by atoms with Gasteiger partial charge in [-0.15, -0.1) is 0 Å². The number of hydrogen-bond donors (Lipinski definition) is 3. The predicted octanol–water partition coefficient (Wildman–Crippen LogP) is 1.19. The van der Waals surface area contributed by atoms with Crippen LogP contribution in [0.1, 0.15) is 19.3 Å². The fraction of sp³-hybridized carbons (Fsp3) is 0.538. The predicted molar refractivity (Wildman–Crippen MR) is 74.4 cm³/mol. The fourth-order valence-electron chi connectivity index (χ4n) is 2.11. The van der Waals surface area contributed by atoms with E-state index in [0.717, 1.165) is 18.9 Å². The zero-order valence-corrected chi connectivity index (χ0v) is 10.9. The molecule has 19 heavy (non-hydrogen) atoms. The van der Waals surface area contributed by atoms with E-state index in [1.54, 1.807) is 6.20 Å². The third kappa shape index (κ3) is 4.10. The van der Waals surface area contributed by atoms with Gasteiger partial charge in [0.2, 0.25) is 0 Å². The maximum atomic E-state index is 11.4. The first-order valence-electron chi connectivity index (χ1n) is 6.66. The summed E-state index contributed by atoms with van der Waals surface area (Å²) in [6.45, 7) is 2.28. The van der Waals surface area contributed by atoms with E-state index in [2.05, 4.69) is 20.5 Å². The van der Waals surface area contributed by atoms with E-state index < -0.39 is 0 Å². The minimum absolute atomic E-state index is 0.0699. The average Bonchev–Trinajstić information content (AvgIpc) is 2.47. The Morgan fingerprint density at radius 1 is 1.32 bits per heavy atom. The van der Waals surface area contributed by atoms with E-state index in [-0.39, 0.29) is 19.2 Å². The average molecular weight is 264 g/mol. The highest BCUT2D eigenvalue weighted by Gasteiger charge is 2.11. The molecule has 6 nitrogen and oxygen atoms in total. The maximum absolute atomic E-state index is 11.4. The first-order chi connectivity index (χ1) is 9.29. The number of aliphatic hydroxyl groups excluding tert-OH is 1. The van der Waals surface area contributed by atoms with Gasteiger partial charge in [-0.2, -0.15) is 0 Å². The van der Waals surface area contributed by atoms with Crippen molar-refractivity contribution in [1.82, 2.24) is 10.3 Å². The molecule has 0 radical (unpaired) electrons. The smallest absolute Gasteiger partial charge is 0.319 e. The highest BCUT2D eigenvalue weighted by molar-refractivity contribution is 5.89. The van der Waals surface area contributed by atoms with Crippen LogP contribution in [-0.4, -0.2) is 42.4 Å². The van der Waals surface area contributed by atoms with Crippen LogP contribution < -0.4 is 15.5 Å². The number of pyridine rings is 1. The van der Waals surface area contributed by atoms with Crippen molar-refractivity contribution in [3.05, 3.63) is 18.3 Å². The van der Waals surface area contributed by atoms with Crippen molar-refractivity contribution in [3.8, 4) is 0 Å². The van der Waals surface area contributed by atoms with E-state index in [9.17, 15) is 4.79 Å². The van der Waals surface area contributed by atoms with Gasteiger partial charge >= 0.3 is 6.03 Å². The number of piperidine rings is 1. The number of aliphatic hydroxyl groups is 1. The van der Waals surface area contributed by atoms with Crippen LogP contribution >= 0.6 is 0 Å². The Kier molecular flexibility index (Phi) is 4.97. The molecule has 0 unspecified atom stereocenters. The Balaban J connectivity index is 1.88. The molecule has 0 bridgehead atoms. The molecule has 104 valence electrons. The lowest BCUT2D eigenvalue weighted by molar-refractivity contribution is 0.245. The van der Waals surface area contributed by atoms with Gasteiger partial charge in [0.05, 0.1) is 18.5 Å². The lowest BCUT2D eigenvalue weighted by Gasteiger charge is -2.27. The topological polar surface area (TPSA) is 77.5 Å². The second-order valence-electron chi connectivity index (χ2n) is 4.56. The molecule has 0 aromatic carbocycles. The molecule has 1 saturated heterocycles. The summed E-state index contributed by atoms with van der Waals surface area (Å²) in [5.74, 6) is 0.959. The minimum Gasteiger partial charge on any atom is -0.395 e. The summed E-state index contributed by atoms with van der Waals surface area (Å²) < 4.78 is 0. The molecule has 1 aliphatic rings. The summed E-state index contributed by atoms with van der Waals surface area (Å²) >= 11 is 0. The van der Waals surface area contributed by atoms with Crippen molar-refractivity contribution in [2.24, 2.45) is 0 Å². The zero-order valence-electron chi connectivity index (χ0n) is 10.9. The van der Waals surface area contributed by atoms with Gasteiger partial charge in [0.25, 0.3) is 0 Å². The van der Waals surface area contributed by atoms with Crippen LogP contribution in [0.15, 0.2) is 18.3 Å². The molecule has 2 heterocycles. The number of hydrogen-bond acceptors (Lipinski definition) is 4. The van der Waals surface area contributed by atoms with Gasteiger partial charge < -0.3 is 20.6 Å². The molecule has 1 fully saturated rings. The van der Waals surface area contributed by atoms with Crippen LogP contribution in [0, 0.1) is 0 Å². The molecule has 3 N–H and O–H groups in total. The zero-order chi connectivity index (χ0) is 13.5. The fourth-order valence-corrected chi connectivity index (χ4v) is 2.11. The van der Waals surface area contributed by atoms with E-state index in [4.69, 9.17) is 5.11 Å². The van der Waals surface area contributed by atoms with E-state index in [1.807, 2.05) is 12.1 Å². The summed E-state index contributed by atoms with van der Waals surface area (Å²) in [7, 11) is 0. The summed E-state index contributed by atoms with van der Waals surface area (Å²) in [6, 6.07) is 3.43. The van der Waals surface area contributed by atoms with Crippen molar-refractivity contribution in [3.63, 3.8) is 0 Å². The van der Waals surface area contributed by atoms with Crippen molar-refractivity contribution in [1.29, 1.82) is 0 Å². The highest BCUT2D eigenvalue weighted by Crippen LogP contribution is 2.18. The van der Waals surface area contributed by atoms with Crippen LogP contribution in [0.3, 0.4) is 0 Å². The lowest BCUT2D eigenvalue weighted by Crippen LogP contribution is -2.31. The maximum Gasteiger partial charge on any atom is 0.319 e. The van der Waals surface area contributed by atoms with E-state index >= 15 is 0 Å². The lowest BCUT2D eigenvalue weighted by atomic mass is 10.1. The molecule has 0 saturated carbocycles. The van der Waals surface area contributed by atoms with Crippen molar-refractivity contribution >= 4 is 17.5 Å². The molecule has 1 aromatic heterocycles. The van der Waals surface area contributed by atoms with Gasteiger partial charge in [-0.3, -0.25) is 0 Å². The number of nitrogens with zero attached hydrogens (tertiary/aromatic N) is 2. The van der Waals surface area contributed by atoms with E-state index in [1.165, 1.54) is 19.3 Å². The molecule has 2 amide bonds. The second-order valence-corrected chi connectivity index (χ2v) is 4.56. The molecular formula is C13H20N4O2. The van der Waals surface area contributed by atoms with Gasteiger partial charge in [0.15, 0.2) is 0 Å². The quantitative estimate of drug-likeness (QED) is 0.763. The largest absolute Gasteiger partial charge is 0.395 e. The molecule has 2 rings (SSSR count). The van der Waals surface area contributed by atoms with Gasteiger partial charge in [-0.25, -0.2) is 9.78 Å². The molecule has 0 spiro atoms. The van der Waals surface area contributed by atoms with Gasteiger partial charge in [-0.05, 0) is 31.4 Å². The normalized spacial score (nSPS) is 15.1. The molecule has 1 aliphatic heterocycles. The third-order valence-corrected chi connectivity index (χ3v) is 3.08. The Morgan fingerprint density at radius 3 is 2.74 bits per heavy atom. The number of aromatic nitrogens is 1. The highest BCUT2D eigenvalue weighted by atomic mass is 16.3. The number of rotatable bonds is 4. The Bertz CT molecular complexity index is 402. The molecule has 6 heteroatoms. The molecular weight excluding hydrogens is 244 g/mol. The third-order valence-electron chi connectivity index (χ3n) is 3.08. The number of carbonyl (C=O) groups excluding carboxylic acids is 1. The molecule has 0 aliphatic carbocycles. The Hall–Kier alpha value is -1.82. The summed E-state index contributed by atoms with van der Waals surface area (Å²) in [5.41, 5.74) is 0.649. The van der Waals surface area contributed by atoms with Crippen molar-refractivity contribution < 1.29 is 9.90 Å². The van der Waals surface area contributed by atoms with Gasteiger partial charge in [0, 0.05) is 19.6 Å². The van der Waals surface area contributed by atoms with E-state index in [0.29, 0.717) is 5.69 Å². The number of anilines is 2. The number of amides is 2. The second kappa shape index (κ2) is 6.94. The SMILES string of the molecule is O=C(NCCO)Nc1ccc(N2CCCCC2)nc1. The first-order valence-corrected chi connectivity index (χ1v) is 6.66. The number of nitrogens with one attached hydrogen (secondary N) is 2. The van der Waals surface area contributed by atoms with Crippen LogP contribution in [0.4, 0.5) is 16.3 Å². The summed E-state index contributed by atoms with van der Waals surface area (Å²) in [4.78, 5) is 18.0.